The minimum atomic E-state index is -0.175. The first kappa shape index (κ1) is 9.90. The van der Waals surface area contributed by atoms with Gasteiger partial charge in [0.1, 0.15) is 0 Å². The Morgan fingerprint density at radius 3 is 2.60 bits per heavy atom. The van der Waals surface area contributed by atoms with Crippen LogP contribution in [-0.4, -0.2) is 15.1 Å². The number of hydrogen-bond donors (Lipinski definition) is 1. The zero-order valence-corrected chi connectivity index (χ0v) is 9.15. The van der Waals surface area contributed by atoms with Crippen LogP contribution in [0.1, 0.15) is 26.3 Å². The topological polar surface area (TPSA) is 46.0 Å². The Labute approximate surface area is 88.8 Å². The molecule has 0 fully saturated rings. The lowest BCUT2D eigenvalue weighted by molar-refractivity contribution is 0.433. The highest BCUT2D eigenvalue weighted by Gasteiger charge is 2.13. The maximum absolute atomic E-state index is 9.14. The average Bonchev–Trinajstić information content (AvgIpc) is 2.15. The molecule has 0 aliphatic heterocycles. The van der Waals surface area contributed by atoms with Crippen molar-refractivity contribution >= 4 is 10.9 Å². The molecule has 1 N–H and O–H groups in total. The summed E-state index contributed by atoms with van der Waals surface area (Å²) in [6, 6.07) is 5.84. The van der Waals surface area contributed by atoms with Crippen LogP contribution in [0.25, 0.3) is 10.9 Å². The van der Waals surface area contributed by atoms with Gasteiger partial charge in [0.25, 0.3) is 0 Å². The van der Waals surface area contributed by atoms with E-state index < -0.39 is 0 Å². The number of nitrogens with zero attached hydrogens (tertiary/aromatic N) is 2. The summed E-state index contributed by atoms with van der Waals surface area (Å²) >= 11 is 0. The molecular formula is C12H14N2O. The maximum Gasteiger partial charge on any atom is 0.314 e. The van der Waals surface area contributed by atoms with Crippen LogP contribution in [0.15, 0.2) is 24.4 Å². The Hall–Kier alpha value is -1.64. The molecule has 0 saturated carbocycles. The SMILES string of the molecule is CC(C)(C)c1ccc2nc(O)ncc2c1. The van der Waals surface area contributed by atoms with E-state index in [0.717, 1.165) is 10.9 Å². The molecule has 0 aliphatic rings. The molecule has 1 heterocycles. The van der Waals surface area contributed by atoms with Gasteiger partial charge >= 0.3 is 6.01 Å². The highest BCUT2D eigenvalue weighted by atomic mass is 16.3. The lowest BCUT2D eigenvalue weighted by atomic mass is 9.86. The first-order valence-electron chi connectivity index (χ1n) is 4.93. The minimum absolute atomic E-state index is 0.117. The molecule has 0 bridgehead atoms. The van der Waals surface area contributed by atoms with E-state index in [-0.39, 0.29) is 11.4 Å². The Morgan fingerprint density at radius 2 is 1.93 bits per heavy atom. The summed E-state index contributed by atoms with van der Waals surface area (Å²) in [6.45, 7) is 6.49. The van der Waals surface area contributed by atoms with Crippen LogP contribution in [-0.2, 0) is 5.41 Å². The number of rotatable bonds is 0. The van der Waals surface area contributed by atoms with Gasteiger partial charge in [0.2, 0.25) is 0 Å². The van der Waals surface area contributed by atoms with Crippen molar-refractivity contribution in [2.45, 2.75) is 26.2 Å². The molecular weight excluding hydrogens is 188 g/mol. The molecule has 2 rings (SSSR count). The van der Waals surface area contributed by atoms with Gasteiger partial charge in [-0.25, -0.2) is 4.98 Å². The van der Waals surface area contributed by atoms with Crippen LogP contribution >= 0.6 is 0 Å². The van der Waals surface area contributed by atoms with Crippen LogP contribution in [0.2, 0.25) is 0 Å². The molecule has 2 aromatic rings. The van der Waals surface area contributed by atoms with Gasteiger partial charge in [0.15, 0.2) is 0 Å². The summed E-state index contributed by atoms with van der Waals surface area (Å²) in [6.07, 6.45) is 1.65. The predicted molar refractivity (Wildman–Crippen MR) is 59.9 cm³/mol. The van der Waals surface area contributed by atoms with Gasteiger partial charge in [0, 0.05) is 11.6 Å². The first-order chi connectivity index (χ1) is 6.97. The molecule has 1 aromatic heterocycles. The number of hydrogen-bond acceptors (Lipinski definition) is 3. The Balaban J connectivity index is 2.62. The molecule has 0 unspecified atom stereocenters. The van der Waals surface area contributed by atoms with E-state index in [9.17, 15) is 0 Å². The summed E-state index contributed by atoms with van der Waals surface area (Å²) in [4.78, 5) is 7.72. The summed E-state index contributed by atoms with van der Waals surface area (Å²) in [7, 11) is 0. The second-order valence-electron chi connectivity index (χ2n) is 4.69. The van der Waals surface area contributed by atoms with Crippen molar-refractivity contribution in [1.29, 1.82) is 0 Å². The van der Waals surface area contributed by atoms with Crippen LogP contribution in [0.5, 0.6) is 6.01 Å². The van der Waals surface area contributed by atoms with Crippen molar-refractivity contribution in [2.75, 3.05) is 0 Å². The number of benzene rings is 1. The van der Waals surface area contributed by atoms with E-state index in [1.165, 1.54) is 5.56 Å². The molecule has 15 heavy (non-hydrogen) atoms. The van der Waals surface area contributed by atoms with Crippen LogP contribution in [0.4, 0.5) is 0 Å². The third-order valence-electron chi connectivity index (χ3n) is 2.43. The van der Waals surface area contributed by atoms with E-state index in [2.05, 4.69) is 36.8 Å². The number of aromatic hydroxyl groups is 1. The van der Waals surface area contributed by atoms with Gasteiger partial charge < -0.3 is 5.11 Å². The molecule has 78 valence electrons. The summed E-state index contributed by atoms with van der Waals surface area (Å²) < 4.78 is 0. The number of aromatic nitrogens is 2. The smallest absolute Gasteiger partial charge is 0.314 e. The van der Waals surface area contributed by atoms with Crippen molar-refractivity contribution in [2.24, 2.45) is 0 Å². The summed E-state index contributed by atoms with van der Waals surface area (Å²) in [5.74, 6) is 0. The molecule has 0 radical (unpaired) electrons. The van der Waals surface area contributed by atoms with Crippen molar-refractivity contribution < 1.29 is 5.11 Å². The third-order valence-corrected chi connectivity index (χ3v) is 2.43. The zero-order chi connectivity index (χ0) is 11.1. The largest absolute Gasteiger partial charge is 0.479 e. The lowest BCUT2D eigenvalue weighted by Gasteiger charge is -2.19. The minimum Gasteiger partial charge on any atom is -0.479 e. The highest BCUT2D eigenvalue weighted by Crippen LogP contribution is 2.25. The van der Waals surface area contributed by atoms with E-state index in [1.54, 1.807) is 6.20 Å². The molecule has 0 atom stereocenters. The molecule has 0 saturated heterocycles. The van der Waals surface area contributed by atoms with Gasteiger partial charge in [-0.1, -0.05) is 26.8 Å². The van der Waals surface area contributed by atoms with Crippen molar-refractivity contribution in [1.82, 2.24) is 9.97 Å². The molecule has 0 spiro atoms. The van der Waals surface area contributed by atoms with E-state index in [0.29, 0.717) is 0 Å². The second kappa shape index (κ2) is 3.19. The summed E-state index contributed by atoms with van der Waals surface area (Å²) in [5.41, 5.74) is 2.13. The molecule has 1 aromatic carbocycles. The highest BCUT2D eigenvalue weighted by molar-refractivity contribution is 5.78. The molecule has 0 amide bonds. The van der Waals surface area contributed by atoms with Crippen molar-refractivity contribution in [3.8, 4) is 6.01 Å². The molecule has 0 aliphatic carbocycles. The van der Waals surface area contributed by atoms with Gasteiger partial charge in [-0.3, -0.25) is 0 Å². The molecule has 3 heteroatoms. The summed E-state index contributed by atoms with van der Waals surface area (Å²) in [5, 5.41) is 10.1. The fourth-order valence-corrected chi connectivity index (χ4v) is 1.49. The van der Waals surface area contributed by atoms with E-state index >= 15 is 0 Å². The average molecular weight is 202 g/mol. The fraction of sp³-hybridized carbons (Fsp3) is 0.333. The molecule has 3 nitrogen and oxygen atoms in total. The van der Waals surface area contributed by atoms with Gasteiger partial charge in [-0.15, -0.1) is 0 Å². The maximum atomic E-state index is 9.14. The Bertz CT molecular complexity index is 500. The van der Waals surface area contributed by atoms with Gasteiger partial charge in [-0.05, 0) is 23.1 Å². The fourth-order valence-electron chi connectivity index (χ4n) is 1.49. The third kappa shape index (κ3) is 1.91. The Morgan fingerprint density at radius 1 is 1.20 bits per heavy atom. The standard InChI is InChI=1S/C12H14N2O/c1-12(2,3)9-4-5-10-8(6-9)7-13-11(15)14-10/h4-7H,1-3H3,(H,13,14,15). The van der Waals surface area contributed by atoms with Crippen molar-refractivity contribution in [3.05, 3.63) is 30.0 Å². The van der Waals surface area contributed by atoms with Crippen LogP contribution in [0.3, 0.4) is 0 Å². The van der Waals surface area contributed by atoms with Crippen LogP contribution in [0, 0.1) is 0 Å². The second-order valence-corrected chi connectivity index (χ2v) is 4.69. The monoisotopic (exact) mass is 202 g/mol. The predicted octanol–water partition coefficient (Wildman–Crippen LogP) is 2.63. The zero-order valence-electron chi connectivity index (χ0n) is 9.15. The number of fused-ring (bicyclic) bond motifs is 1. The van der Waals surface area contributed by atoms with Gasteiger partial charge in [-0.2, -0.15) is 4.98 Å². The normalized spacial score (nSPS) is 11.9. The lowest BCUT2D eigenvalue weighted by Crippen LogP contribution is -2.10. The van der Waals surface area contributed by atoms with Crippen molar-refractivity contribution in [3.63, 3.8) is 0 Å². The van der Waals surface area contributed by atoms with Gasteiger partial charge in [0.05, 0.1) is 5.52 Å². The quantitative estimate of drug-likeness (QED) is 0.714. The van der Waals surface area contributed by atoms with E-state index in [1.807, 2.05) is 12.1 Å². The van der Waals surface area contributed by atoms with E-state index in [4.69, 9.17) is 5.11 Å². The van der Waals surface area contributed by atoms with Crippen LogP contribution < -0.4 is 0 Å². The first-order valence-corrected chi connectivity index (χ1v) is 4.93. The Kier molecular flexibility index (Phi) is 2.11.